The molecule has 0 aromatic rings. The first-order valence-electron chi connectivity index (χ1n) is 7.01. The Kier molecular flexibility index (Phi) is 3.57. The fourth-order valence-electron chi connectivity index (χ4n) is 3.73. The van der Waals surface area contributed by atoms with Crippen LogP contribution in [0.4, 0.5) is 0 Å². The van der Waals surface area contributed by atoms with E-state index in [1.54, 1.807) is 13.0 Å². The third-order valence-corrected chi connectivity index (χ3v) is 8.99. The molecular formula is C15H24O2Si. The quantitative estimate of drug-likeness (QED) is 0.434. The van der Waals surface area contributed by atoms with Crippen molar-refractivity contribution >= 4 is 14.3 Å². The number of hydrogen-bond donors (Lipinski definition) is 0. The van der Waals surface area contributed by atoms with Crippen molar-refractivity contribution in [3.05, 3.63) is 17.4 Å². The summed E-state index contributed by atoms with van der Waals surface area (Å²) in [5.41, 5.74) is 3.54. The summed E-state index contributed by atoms with van der Waals surface area (Å²) in [7, 11) is -1.96. The fraction of sp³-hybridized carbons (Fsp3) is 0.733. The highest BCUT2D eigenvalue weighted by Crippen LogP contribution is 2.64. The van der Waals surface area contributed by atoms with Crippen LogP contribution in [0.3, 0.4) is 0 Å². The molecule has 0 saturated heterocycles. The topological polar surface area (TPSA) is 26.3 Å². The van der Waals surface area contributed by atoms with Crippen LogP contribution in [0.1, 0.15) is 46.0 Å². The molecule has 2 rings (SSSR count). The van der Waals surface area contributed by atoms with Crippen LogP contribution < -0.4 is 0 Å². The normalized spacial score (nSPS) is 29.9. The van der Waals surface area contributed by atoms with Gasteiger partial charge in [-0.05, 0) is 58.2 Å². The largest absolute Gasteiger partial charge is 0.515 e. The van der Waals surface area contributed by atoms with Gasteiger partial charge >= 0.3 is 5.97 Å². The molecule has 0 aromatic heterocycles. The minimum absolute atomic E-state index is 0.158. The first kappa shape index (κ1) is 13.6. The summed E-state index contributed by atoms with van der Waals surface area (Å²) < 4.78 is 5.94. The predicted octanol–water partition coefficient (Wildman–Crippen LogP) is 4.19. The molecule has 0 amide bonds. The van der Waals surface area contributed by atoms with Gasteiger partial charge < -0.3 is 4.43 Å². The number of fused-ring (bicyclic) bond motifs is 2. The van der Waals surface area contributed by atoms with Crippen molar-refractivity contribution in [3.63, 3.8) is 0 Å². The van der Waals surface area contributed by atoms with Crippen molar-refractivity contribution < 1.29 is 9.22 Å². The molecule has 0 spiro atoms. The van der Waals surface area contributed by atoms with Crippen LogP contribution in [0.2, 0.25) is 18.1 Å². The standard InChI is InChI=1S/C15H24O2Si/c1-5-6-12(2)14(16)17-18(3,4)15-9-7-13(11-15)8-10-15/h5,13H,7-11H2,1-4H3. The lowest BCUT2D eigenvalue weighted by Gasteiger charge is -2.40. The second kappa shape index (κ2) is 4.71. The molecule has 2 bridgehead atoms. The van der Waals surface area contributed by atoms with Gasteiger partial charge in [-0.25, -0.2) is 4.79 Å². The van der Waals surface area contributed by atoms with Gasteiger partial charge in [-0.1, -0.05) is 12.8 Å². The Morgan fingerprint density at radius 3 is 2.44 bits per heavy atom. The maximum atomic E-state index is 12.1. The summed E-state index contributed by atoms with van der Waals surface area (Å²) >= 11 is 0. The number of carbonyl (C=O) groups is 1. The third-order valence-electron chi connectivity index (χ3n) is 5.03. The molecule has 2 fully saturated rings. The molecule has 0 heterocycles. The van der Waals surface area contributed by atoms with Crippen LogP contribution in [0.25, 0.3) is 0 Å². The Bertz CT molecular complexity index is 408. The molecule has 100 valence electrons. The molecule has 0 radical (unpaired) electrons. The molecule has 0 N–H and O–H groups in total. The van der Waals surface area contributed by atoms with Gasteiger partial charge in [0.2, 0.25) is 0 Å². The Morgan fingerprint density at radius 1 is 1.39 bits per heavy atom. The Morgan fingerprint density at radius 2 is 2.00 bits per heavy atom. The lowest BCUT2D eigenvalue weighted by atomic mass is 10.0. The SMILES string of the molecule is CC=C=C(C)C(=O)O[Si](C)(C)C12CCC(CC1)C2. The third kappa shape index (κ3) is 2.22. The van der Waals surface area contributed by atoms with Crippen molar-refractivity contribution in [1.29, 1.82) is 0 Å². The van der Waals surface area contributed by atoms with Gasteiger partial charge in [-0.3, -0.25) is 0 Å². The van der Waals surface area contributed by atoms with Gasteiger partial charge in [0.05, 0.1) is 5.57 Å². The van der Waals surface area contributed by atoms with E-state index in [-0.39, 0.29) is 5.97 Å². The van der Waals surface area contributed by atoms with E-state index in [9.17, 15) is 4.79 Å². The zero-order valence-electron chi connectivity index (χ0n) is 12.0. The molecule has 2 saturated carbocycles. The van der Waals surface area contributed by atoms with E-state index in [1.165, 1.54) is 32.1 Å². The molecule has 0 unspecified atom stereocenters. The summed E-state index contributed by atoms with van der Waals surface area (Å²) in [4.78, 5) is 12.1. The minimum atomic E-state index is -1.96. The zero-order chi connectivity index (χ0) is 13.4. The summed E-state index contributed by atoms with van der Waals surface area (Å²) in [6.07, 6.45) is 8.30. The van der Waals surface area contributed by atoms with E-state index in [0.717, 1.165) is 5.92 Å². The van der Waals surface area contributed by atoms with E-state index < -0.39 is 8.32 Å². The van der Waals surface area contributed by atoms with E-state index in [4.69, 9.17) is 4.43 Å². The molecule has 0 aromatic carbocycles. The maximum Gasteiger partial charge on any atom is 0.328 e. The molecule has 3 heteroatoms. The Labute approximate surface area is 111 Å². The monoisotopic (exact) mass is 264 g/mol. The van der Waals surface area contributed by atoms with Crippen molar-refractivity contribution in [3.8, 4) is 0 Å². The van der Waals surface area contributed by atoms with E-state index in [0.29, 0.717) is 10.6 Å². The van der Waals surface area contributed by atoms with Gasteiger partial charge in [-0.2, -0.15) is 0 Å². The highest BCUT2D eigenvalue weighted by molar-refractivity contribution is 6.76. The molecule has 2 aliphatic carbocycles. The van der Waals surface area contributed by atoms with E-state index >= 15 is 0 Å². The summed E-state index contributed by atoms with van der Waals surface area (Å²) in [5, 5.41) is 0.365. The van der Waals surface area contributed by atoms with Crippen LogP contribution in [0.5, 0.6) is 0 Å². The molecule has 2 nitrogen and oxygen atoms in total. The first-order chi connectivity index (χ1) is 8.40. The Balaban J connectivity index is 2.12. The van der Waals surface area contributed by atoms with E-state index in [1.807, 2.05) is 6.92 Å². The number of carbonyl (C=O) groups excluding carboxylic acids is 1. The molecule has 0 aliphatic heterocycles. The van der Waals surface area contributed by atoms with Gasteiger partial charge in [0.25, 0.3) is 8.32 Å². The van der Waals surface area contributed by atoms with Crippen LogP contribution in [-0.2, 0) is 9.22 Å². The first-order valence-corrected chi connectivity index (χ1v) is 9.92. The van der Waals surface area contributed by atoms with Crippen molar-refractivity contribution in [1.82, 2.24) is 0 Å². The average Bonchev–Trinajstić information content (AvgIpc) is 2.90. The van der Waals surface area contributed by atoms with Crippen LogP contribution in [0, 0.1) is 5.92 Å². The highest BCUT2D eigenvalue weighted by Gasteiger charge is 2.57. The van der Waals surface area contributed by atoms with Gasteiger partial charge in [-0.15, -0.1) is 5.73 Å². The Hall–Kier alpha value is -0.793. The number of rotatable bonds is 3. The summed E-state index contributed by atoms with van der Waals surface area (Å²) in [5.74, 6) is 0.747. The van der Waals surface area contributed by atoms with Crippen LogP contribution in [0.15, 0.2) is 17.4 Å². The second-order valence-electron chi connectivity index (χ2n) is 6.39. The van der Waals surface area contributed by atoms with E-state index in [2.05, 4.69) is 18.8 Å². The highest BCUT2D eigenvalue weighted by atomic mass is 28.4. The lowest BCUT2D eigenvalue weighted by molar-refractivity contribution is -0.131. The van der Waals surface area contributed by atoms with Crippen molar-refractivity contribution in [2.75, 3.05) is 0 Å². The summed E-state index contributed by atoms with van der Waals surface area (Å²) in [6.45, 7) is 8.11. The lowest BCUT2D eigenvalue weighted by Crippen LogP contribution is -2.45. The minimum Gasteiger partial charge on any atom is -0.515 e. The zero-order valence-corrected chi connectivity index (χ0v) is 13.0. The second-order valence-corrected chi connectivity index (χ2v) is 10.7. The van der Waals surface area contributed by atoms with Crippen molar-refractivity contribution in [2.45, 2.75) is 64.1 Å². The molecule has 18 heavy (non-hydrogen) atoms. The summed E-state index contributed by atoms with van der Waals surface area (Å²) in [6, 6.07) is 0. The fourth-order valence-corrected chi connectivity index (χ4v) is 6.84. The van der Waals surface area contributed by atoms with Crippen LogP contribution in [-0.4, -0.2) is 14.3 Å². The predicted molar refractivity (Wildman–Crippen MR) is 75.8 cm³/mol. The van der Waals surface area contributed by atoms with Gasteiger partial charge in [0.1, 0.15) is 0 Å². The molecular weight excluding hydrogens is 240 g/mol. The average molecular weight is 264 g/mol. The molecule has 2 aliphatic rings. The van der Waals surface area contributed by atoms with Gasteiger partial charge in [0, 0.05) is 5.04 Å². The maximum absolute atomic E-state index is 12.1. The smallest absolute Gasteiger partial charge is 0.328 e. The molecule has 0 atom stereocenters. The number of hydrogen-bond acceptors (Lipinski definition) is 2. The van der Waals surface area contributed by atoms with Crippen molar-refractivity contribution in [2.24, 2.45) is 5.92 Å². The van der Waals surface area contributed by atoms with Gasteiger partial charge in [0.15, 0.2) is 0 Å². The van der Waals surface area contributed by atoms with Crippen LogP contribution >= 0.6 is 0 Å².